The second kappa shape index (κ2) is 4.43. The number of likely N-dealkylation sites (N-methyl/N-ethyl adjacent to an activating group) is 1. The summed E-state index contributed by atoms with van der Waals surface area (Å²) in [6.45, 7) is 7.35. The van der Waals surface area contributed by atoms with Crippen LogP contribution >= 0.6 is 0 Å². The maximum absolute atomic E-state index is 3.36. The Bertz CT molecular complexity index is 148. The first-order valence-corrected chi connectivity index (χ1v) is 5.85. The average molecular weight is 182 g/mol. The van der Waals surface area contributed by atoms with Gasteiger partial charge < -0.3 is 5.32 Å². The molecule has 2 heteroatoms. The van der Waals surface area contributed by atoms with Gasteiger partial charge in [0.05, 0.1) is 0 Å². The highest BCUT2D eigenvalue weighted by atomic mass is 15.2. The summed E-state index contributed by atoms with van der Waals surface area (Å²) in [5, 5.41) is 3.36. The SMILES string of the molecule is CCN(CC1CCCC1)C1CNC1. The summed E-state index contributed by atoms with van der Waals surface area (Å²) in [6, 6.07) is 0.852. The van der Waals surface area contributed by atoms with Crippen molar-refractivity contribution in [2.24, 2.45) is 5.92 Å². The smallest absolute Gasteiger partial charge is 0.0345 e. The molecule has 2 fully saturated rings. The molecule has 0 aromatic rings. The molecule has 0 atom stereocenters. The van der Waals surface area contributed by atoms with E-state index in [0.29, 0.717) is 0 Å². The number of hydrogen-bond donors (Lipinski definition) is 1. The van der Waals surface area contributed by atoms with E-state index in [-0.39, 0.29) is 0 Å². The van der Waals surface area contributed by atoms with Gasteiger partial charge in [0.25, 0.3) is 0 Å². The summed E-state index contributed by atoms with van der Waals surface area (Å²) in [4.78, 5) is 2.67. The predicted molar refractivity (Wildman–Crippen MR) is 55.9 cm³/mol. The lowest BCUT2D eigenvalue weighted by Crippen LogP contribution is -2.57. The van der Waals surface area contributed by atoms with Crippen LogP contribution in [0, 0.1) is 5.92 Å². The van der Waals surface area contributed by atoms with E-state index < -0.39 is 0 Å². The van der Waals surface area contributed by atoms with E-state index in [0.717, 1.165) is 12.0 Å². The van der Waals surface area contributed by atoms with Crippen LogP contribution in [0.3, 0.4) is 0 Å². The van der Waals surface area contributed by atoms with Crippen LogP contribution in [0.1, 0.15) is 32.6 Å². The number of hydrogen-bond acceptors (Lipinski definition) is 2. The van der Waals surface area contributed by atoms with Crippen LogP contribution in [-0.2, 0) is 0 Å². The van der Waals surface area contributed by atoms with Crippen molar-refractivity contribution in [1.82, 2.24) is 10.2 Å². The van der Waals surface area contributed by atoms with Gasteiger partial charge in [-0.1, -0.05) is 19.8 Å². The van der Waals surface area contributed by atoms with Crippen LogP contribution in [0.4, 0.5) is 0 Å². The lowest BCUT2D eigenvalue weighted by atomic mass is 10.0. The van der Waals surface area contributed by atoms with Crippen molar-refractivity contribution >= 4 is 0 Å². The Morgan fingerprint density at radius 2 is 1.92 bits per heavy atom. The Balaban J connectivity index is 1.75. The quantitative estimate of drug-likeness (QED) is 0.708. The summed E-state index contributed by atoms with van der Waals surface area (Å²) in [5.74, 6) is 1.01. The minimum atomic E-state index is 0.852. The Morgan fingerprint density at radius 3 is 2.38 bits per heavy atom. The topological polar surface area (TPSA) is 15.3 Å². The molecule has 1 heterocycles. The normalized spacial score (nSPS) is 25.4. The van der Waals surface area contributed by atoms with Gasteiger partial charge in [-0.15, -0.1) is 0 Å². The van der Waals surface area contributed by atoms with Crippen molar-refractivity contribution in [3.8, 4) is 0 Å². The standard InChI is InChI=1S/C11H22N2/c1-2-13(11-7-12-8-11)9-10-5-3-4-6-10/h10-12H,2-9H2,1H3. The molecule has 0 unspecified atom stereocenters. The molecule has 2 aliphatic rings. The van der Waals surface area contributed by atoms with Crippen molar-refractivity contribution in [1.29, 1.82) is 0 Å². The maximum Gasteiger partial charge on any atom is 0.0345 e. The van der Waals surface area contributed by atoms with Crippen LogP contribution in [0.15, 0.2) is 0 Å². The first-order valence-electron chi connectivity index (χ1n) is 5.85. The number of nitrogens with zero attached hydrogens (tertiary/aromatic N) is 1. The Labute approximate surface area is 81.7 Å². The van der Waals surface area contributed by atoms with Gasteiger partial charge in [0, 0.05) is 25.7 Å². The second-order valence-electron chi connectivity index (χ2n) is 4.55. The van der Waals surface area contributed by atoms with Gasteiger partial charge in [0.15, 0.2) is 0 Å². The lowest BCUT2D eigenvalue weighted by Gasteiger charge is -2.39. The van der Waals surface area contributed by atoms with Crippen LogP contribution in [0.25, 0.3) is 0 Å². The molecular formula is C11H22N2. The highest BCUT2D eigenvalue weighted by Gasteiger charge is 2.26. The third-order valence-corrected chi connectivity index (χ3v) is 3.65. The Morgan fingerprint density at radius 1 is 1.23 bits per heavy atom. The summed E-state index contributed by atoms with van der Waals surface area (Å²) in [6.07, 6.45) is 5.92. The van der Waals surface area contributed by atoms with E-state index in [1.807, 2.05) is 0 Å². The highest BCUT2D eigenvalue weighted by molar-refractivity contribution is 4.85. The van der Waals surface area contributed by atoms with Crippen molar-refractivity contribution in [3.05, 3.63) is 0 Å². The molecule has 1 saturated carbocycles. The van der Waals surface area contributed by atoms with Gasteiger partial charge in [-0.25, -0.2) is 0 Å². The third-order valence-electron chi connectivity index (χ3n) is 3.65. The van der Waals surface area contributed by atoms with Crippen molar-refractivity contribution in [3.63, 3.8) is 0 Å². The van der Waals surface area contributed by atoms with Crippen LogP contribution in [-0.4, -0.2) is 37.1 Å². The highest BCUT2D eigenvalue weighted by Crippen LogP contribution is 2.26. The van der Waals surface area contributed by atoms with E-state index in [9.17, 15) is 0 Å². The molecule has 2 nitrogen and oxygen atoms in total. The zero-order valence-corrected chi connectivity index (χ0v) is 8.76. The number of nitrogens with one attached hydrogen (secondary N) is 1. The van der Waals surface area contributed by atoms with E-state index >= 15 is 0 Å². The molecular weight excluding hydrogens is 160 g/mol. The fourth-order valence-electron chi connectivity index (χ4n) is 2.59. The minimum Gasteiger partial charge on any atom is -0.314 e. The fraction of sp³-hybridized carbons (Fsp3) is 1.00. The second-order valence-corrected chi connectivity index (χ2v) is 4.55. The summed E-state index contributed by atoms with van der Waals surface area (Å²) in [7, 11) is 0. The molecule has 1 aliphatic heterocycles. The van der Waals surface area contributed by atoms with E-state index in [2.05, 4.69) is 17.1 Å². The molecule has 0 aromatic carbocycles. The Kier molecular flexibility index (Phi) is 3.23. The van der Waals surface area contributed by atoms with Crippen LogP contribution < -0.4 is 5.32 Å². The molecule has 0 radical (unpaired) electrons. The van der Waals surface area contributed by atoms with Gasteiger partial charge in [-0.3, -0.25) is 4.90 Å². The predicted octanol–water partition coefficient (Wildman–Crippen LogP) is 1.47. The van der Waals surface area contributed by atoms with Crippen molar-refractivity contribution < 1.29 is 0 Å². The molecule has 1 N–H and O–H groups in total. The molecule has 2 rings (SSSR count). The van der Waals surface area contributed by atoms with E-state index in [1.165, 1.54) is 51.9 Å². The number of rotatable bonds is 4. The molecule has 1 aliphatic carbocycles. The van der Waals surface area contributed by atoms with Crippen molar-refractivity contribution in [2.75, 3.05) is 26.2 Å². The summed E-state index contributed by atoms with van der Waals surface area (Å²) < 4.78 is 0. The van der Waals surface area contributed by atoms with E-state index in [4.69, 9.17) is 0 Å². The lowest BCUT2D eigenvalue weighted by molar-refractivity contribution is 0.131. The first kappa shape index (κ1) is 9.47. The molecule has 0 spiro atoms. The molecule has 0 bridgehead atoms. The molecule has 0 aromatic heterocycles. The van der Waals surface area contributed by atoms with Gasteiger partial charge in [0.1, 0.15) is 0 Å². The van der Waals surface area contributed by atoms with Gasteiger partial charge in [-0.05, 0) is 25.3 Å². The zero-order valence-electron chi connectivity index (χ0n) is 8.76. The summed E-state index contributed by atoms with van der Waals surface area (Å²) >= 11 is 0. The van der Waals surface area contributed by atoms with Crippen molar-refractivity contribution in [2.45, 2.75) is 38.6 Å². The maximum atomic E-state index is 3.36. The molecule has 0 amide bonds. The molecule has 1 saturated heterocycles. The Hall–Kier alpha value is -0.0800. The third kappa shape index (κ3) is 2.23. The minimum absolute atomic E-state index is 0.852. The van der Waals surface area contributed by atoms with Gasteiger partial charge in [-0.2, -0.15) is 0 Å². The molecule has 76 valence electrons. The first-order chi connectivity index (χ1) is 6.40. The summed E-state index contributed by atoms with van der Waals surface area (Å²) in [5.41, 5.74) is 0. The van der Waals surface area contributed by atoms with Crippen LogP contribution in [0.2, 0.25) is 0 Å². The molecule has 13 heavy (non-hydrogen) atoms. The van der Waals surface area contributed by atoms with Gasteiger partial charge in [0.2, 0.25) is 0 Å². The zero-order chi connectivity index (χ0) is 9.10. The average Bonchev–Trinajstić information content (AvgIpc) is 2.52. The monoisotopic (exact) mass is 182 g/mol. The van der Waals surface area contributed by atoms with E-state index in [1.54, 1.807) is 0 Å². The van der Waals surface area contributed by atoms with Gasteiger partial charge >= 0.3 is 0 Å². The van der Waals surface area contributed by atoms with Crippen LogP contribution in [0.5, 0.6) is 0 Å². The fourth-order valence-corrected chi connectivity index (χ4v) is 2.59. The largest absolute Gasteiger partial charge is 0.314 e.